The minimum atomic E-state index is -0.916. The van der Waals surface area contributed by atoms with E-state index in [4.69, 9.17) is 0 Å². The number of aryl methyl sites for hydroxylation is 2. The smallest absolute Gasteiger partial charge is 0.311 e. The Kier molecular flexibility index (Phi) is 4.73. The number of methoxy groups -OCH3 is 1. The number of esters is 1. The number of aliphatic hydroxyl groups is 1. The Morgan fingerprint density at radius 3 is 2.22 bits per heavy atom. The van der Waals surface area contributed by atoms with Crippen LogP contribution in [0.25, 0.3) is 0 Å². The summed E-state index contributed by atoms with van der Waals surface area (Å²) >= 11 is 0. The molecule has 0 heterocycles. The van der Waals surface area contributed by atoms with Gasteiger partial charge in [-0.05, 0) is 49.1 Å². The Labute approximate surface area is 107 Å². The van der Waals surface area contributed by atoms with E-state index >= 15 is 0 Å². The van der Waals surface area contributed by atoms with E-state index < -0.39 is 18.0 Å². The average molecular weight is 252 g/mol. The molecule has 1 aromatic carbocycles. The van der Waals surface area contributed by atoms with Crippen LogP contribution in [0, 0.1) is 19.8 Å². The molecule has 4 heteroatoms. The number of carbonyl (C=O) groups is 1. The Balaban J connectivity index is 3.09. The van der Waals surface area contributed by atoms with Gasteiger partial charge < -0.3 is 14.9 Å². The zero-order valence-electron chi connectivity index (χ0n) is 11.2. The molecule has 0 bridgehead atoms. The second-order valence-electron chi connectivity index (χ2n) is 4.49. The van der Waals surface area contributed by atoms with Crippen molar-refractivity contribution in [3.05, 3.63) is 28.8 Å². The lowest BCUT2D eigenvalue weighted by molar-refractivity contribution is -0.149. The molecule has 1 aromatic rings. The number of hydrogen-bond acceptors (Lipinski definition) is 4. The van der Waals surface area contributed by atoms with Crippen molar-refractivity contribution in [2.75, 3.05) is 7.11 Å². The summed E-state index contributed by atoms with van der Waals surface area (Å²) < 4.78 is 4.68. The second kappa shape index (κ2) is 5.87. The van der Waals surface area contributed by atoms with Gasteiger partial charge in [0.25, 0.3) is 0 Å². The zero-order valence-corrected chi connectivity index (χ0v) is 11.2. The van der Waals surface area contributed by atoms with Crippen molar-refractivity contribution in [3.8, 4) is 5.75 Å². The predicted octanol–water partition coefficient (Wildman–Crippen LogP) is 2.24. The Hall–Kier alpha value is -1.55. The Morgan fingerprint density at radius 1 is 1.33 bits per heavy atom. The maximum Gasteiger partial charge on any atom is 0.311 e. The summed E-state index contributed by atoms with van der Waals surface area (Å²) in [6.45, 7) is 5.35. The number of ether oxygens (including phenoxy) is 1. The van der Waals surface area contributed by atoms with Crippen LogP contribution in [0.5, 0.6) is 5.75 Å². The van der Waals surface area contributed by atoms with Crippen LogP contribution in [0.1, 0.15) is 36.1 Å². The van der Waals surface area contributed by atoms with Crippen molar-refractivity contribution in [1.29, 1.82) is 0 Å². The van der Waals surface area contributed by atoms with Crippen LogP contribution in [0.4, 0.5) is 0 Å². The lowest BCUT2D eigenvalue weighted by Gasteiger charge is -2.20. The molecule has 0 aromatic heterocycles. The van der Waals surface area contributed by atoms with Gasteiger partial charge in [0.2, 0.25) is 0 Å². The number of phenolic OH excluding ortho intramolecular Hbond substituents is 1. The fraction of sp³-hybridized carbons (Fsp3) is 0.500. The molecule has 2 unspecified atom stereocenters. The third kappa shape index (κ3) is 2.82. The molecule has 0 amide bonds. The van der Waals surface area contributed by atoms with Gasteiger partial charge in [0, 0.05) is 0 Å². The van der Waals surface area contributed by atoms with Crippen LogP contribution < -0.4 is 0 Å². The first kappa shape index (κ1) is 14.5. The van der Waals surface area contributed by atoms with Gasteiger partial charge in [0.15, 0.2) is 0 Å². The van der Waals surface area contributed by atoms with Gasteiger partial charge >= 0.3 is 5.97 Å². The SMILES string of the molecule is CCC(C(=O)OC)C(O)c1cc(C)c(O)c(C)c1. The summed E-state index contributed by atoms with van der Waals surface area (Å²) in [4.78, 5) is 11.6. The molecule has 2 N–H and O–H groups in total. The molecular formula is C14H20O4. The van der Waals surface area contributed by atoms with Gasteiger partial charge in [-0.15, -0.1) is 0 Å². The first-order chi connectivity index (χ1) is 8.42. The number of aromatic hydroxyl groups is 1. The molecule has 0 aliphatic heterocycles. The van der Waals surface area contributed by atoms with Crippen molar-refractivity contribution in [3.63, 3.8) is 0 Å². The standard InChI is InChI=1S/C14H20O4/c1-5-11(14(17)18-4)13(16)10-6-8(2)12(15)9(3)7-10/h6-7,11,13,15-16H,5H2,1-4H3. The fourth-order valence-electron chi connectivity index (χ4n) is 2.06. The molecule has 0 saturated carbocycles. The maximum absolute atomic E-state index is 11.6. The van der Waals surface area contributed by atoms with Crippen LogP contribution in [-0.4, -0.2) is 23.3 Å². The molecule has 18 heavy (non-hydrogen) atoms. The summed E-state index contributed by atoms with van der Waals surface area (Å²) in [5.41, 5.74) is 1.99. The molecule has 0 aliphatic carbocycles. The van der Waals surface area contributed by atoms with Gasteiger partial charge in [0.05, 0.1) is 19.1 Å². The van der Waals surface area contributed by atoms with Crippen LogP contribution >= 0.6 is 0 Å². The molecule has 1 rings (SSSR count). The number of carbonyl (C=O) groups excluding carboxylic acids is 1. The highest BCUT2D eigenvalue weighted by Crippen LogP contribution is 2.31. The van der Waals surface area contributed by atoms with Crippen molar-refractivity contribution < 1.29 is 19.7 Å². The minimum absolute atomic E-state index is 0.220. The number of phenols is 1. The van der Waals surface area contributed by atoms with Crippen molar-refractivity contribution in [2.45, 2.75) is 33.3 Å². The van der Waals surface area contributed by atoms with E-state index in [0.29, 0.717) is 23.1 Å². The van der Waals surface area contributed by atoms with Gasteiger partial charge in [-0.3, -0.25) is 4.79 Å². The lowest BCUT2D eigenvalue weighted by Crippen LogP contribution is -2.23. The first-order valence-corrected chi connectivity index (χ1v) is 5.98. The number of benzene rings is 1. The van der Waals surface area contributed by atoms with Crippen molar-refractivity contribution in [2.24, 2.45) is 5.92 Å². The van der Waals surface area contributed by atoms with E-state index in [1.165, 1.54) is 7.11 Å². The molecule has 0 radical (unpaired) electrons. The number of rotatable bonds is 4. The summed E-state index contributed by atoms with van der Waals surface area (Å²) in [6, 6.07) is 3.39. The molecule has 0 spiro atoms. The Bertz CT molecular complexity index is 416. The molecule has 0 fully saturated rings. The van der Waals surface area contributed by atoms with Gasteiger partial charge in [-0.1, -0.05) is 6.92 Å². The molecule has 0 saturated heterocycles. The van der Waals surface area contributed by atoms with E-state index in [0.717, 1.165) is 0 Å². The minimum Gasteiger partial charge on any atom is -0.507 e. The molecule has 0 aliphatic rings. The highest BCUT2D eigenvalue weighted by atomic mass is 16.5. The molecule has 2 atom stereocenters. The van der Waals surface area contributed by atoms with Crippen LogP contribution in [-0.2, 0) is 9.53 Å². The summed E-state index contributed by atoms with van der Waals surface area (Å²) in [5, 5.41) is 19.9. The number of aliphatic hydroxyl groups excluding tert-OH is 1. The summed E-state index contributed by atoms with van der Waals surface area (Å²) in [5.74, 6) is -0.788. The zero-order chi connectivity index (χ0) is 13.9. The topological polar surface area (TPSA) is 66.8 Å². The average Bonchev–Trinajstić information content (AvgIpc) is 2.35. The van der Waals surface area contributed by atoms with E-state index in [-0.39, 0.29) is 5.75 Å². The molecule has 4 nitrogen and oxygen atoms in total. The quantitative estimate of drug-likeness (QED) is 0.806. The van der Waals surface area contributed by atoms with Gasteiger partial charge in [-0.2, -0.15) is 0 Å². The summed E-state index contributed by atoms with van der Waals surface area (Å²) in [7, 11) is 1.31. The van der Waals surface area contributed by atoms with Gasteiger partial charge in [-0.25, -0.2) is 0 Å². The maximum atomic E-state index is 11.6. The second-order valence-corrected chi connectivity index (χ2v) is 4.49. The predicted molar refractivity (Wildman–Crippen MR) is 68.3 cm³/mol. The normalized spacial score (nSPS) is 14.1. The van der Waals surface area contributed by atoms with E-state index in [9.17, 15) is 15.0 Å². The fourth-order valence-corrected chi connectivity index (χ4v) is 2.06. The third-order valence-corrected chi connectivity index (χ3v) is 3.18. The molecular weight excluding hydrogens is 232 g/mol. The largest absolute Gasteiger partial charge is 0.507 e. The highest BCUT2D eigenvalue weighted by molar-refractivity contribution is 5.73. The van der Waals surface area contributed by atoms with Crippen molar-refractivity contribution >= 4 is 5.97 Å². The van der Waals surface area contributed by atoms with Crippen LogP contribution in [0.15, 0.2) is 12.1 Å². The summed E-state index contributed by atoms with van der Waals surface area (Å²) in [6.07, 6.45) is -0.423. The Morgan fingerprint density at radius 2 is 1.83 bits per heavy atom. The number of hydrogen-bond donors (Lipinski definition) is 2. The third-order valence-electron chi connectivity index (χ3n) is 3.18. The lowest BCUT2D eigenvalue weighted by atomic mass is 9.91. The highest BCUT2D eigenvalue weighted by Gasteiger charge is 2.27. The van der Waals surface area contributed by atoms with Crippen LogP contribution in [0.2, 0.25) is 0 Å². The monoisotopic (exact) mass is 252 g/mol. The van der Waals surface area contributed by atoms with E-state index in [1.54, 1.807) is 26.0 Å². The molecule has 100 valence electrons. The van der Waals surface area contributed by atoms with E-state index in [2.05, 4.69) is 4.74 Å². The first-order valence-electron chi connectivity index (χ1n) is 5.98. The van der Waals surface area contributed by atoms with Crippen LogP contribution in [0.3, 0.4) is 0 Å². The van der Waals surface area contributed by atoms with Crippen molar-refractivity contribution in [1.82, 2.24) is 0 Å². The van der Waals surface area contributed by atoms with Gasteiger partial charge in [0.1, 0.15) is 5.75 Å². The van der Waals surface area contributed by atoms with E-state index in [1.807, 2.05) is 6.92 Å².